The van der Waals surface area contributed by atoms with Crippen molar-refractivity contribution in [3.63, 3.8) is 0 Å². The van der Waals surface area contributed by atoms with Crippen LogP contribution in [0, 0.1) is 5.92 Å². The van der Waals surface area contributed by atoms with Gasteiger partial charge in [0, 0.05) is 6.54 Å². The summed E-state index contributed by atoms with van der Waals surface area (Å²) in [4.78, 5) is 11.8. The van der Waals surface area contributed by atoms with Gasteiger partial charge < -0.3 is 5.32 Å². The summed E-state index contributed by atoms with van der Waals surface area (Å²) >= 11 is 5.91. The molecule has 1 saturated carbocycles. The molecular weight excluding hydrogens is 288 g/mol. The average Bonchev–Trinajstić information content (AvgIpc) is 2.25. The van der Waals surface area contributed by atoms with E-state index in [1.54, 1.807) is 0 Å². The van der Waals surface area contributed by atoms with Gasteiger partial charge >= 0.3 is 0 Å². The third-order valence-electron chi connectivity index (χ3n) is 3.29. The number of carbonyl (C=O) groups is 1. The number of primary sulfonamides is 1. The summed E-state index contributed by atoms with van der Waals surface area (Å²) in [7, 11) is -3.84. The summed E-state index contributed by atoms with van der Waals surface area (Å²) < 4.78 is 22.5. The molecule has 7 heteroatoms. The monoisotopic (exact) mass is 302 g/mol. The summed E-state index contributed by atoms with van der Waals surface area (Å²) in [6.45, 7) is 0.592. The largest absolute Gasteiger partial charge is 0.352 e. The van der Waals surface area contributed by atoms with Crippen molar-refractivity contribution in [2.24, 2.45) is 11.1 Å². The molecule has 1 aromatic carbocycles. The van der Waals surface area contributed by atoms with Crippen LogP contribution in [0.2, 0.25) is 5.02 Å². The number of hydrogen-bond acceptors (Lipinski definition) is 3. The first-order valence-electron chi connectivity index (χ1n) is 5.98. The quantitative estimate of drug-likeness (QED) is 0.883. The van der Waals surface area contributed by atoms with Crippen LogP contribution < -0.4 is 10.5 Å². The Morgan fingerprint density at radius 1 is 1.42 bits per heavy atom. The van der Waals surface area contributed by atoms with Gasteiger partial charge in [-0.2, -0.15) is 0 Å². The first kappa shape index (κ1) is 14.3. The molecule has 1 fully saturated rings. The molecule has 1 aromatic rings. The minimum atomic E-state index is -3.84. The number of sulfonamides is 1. The standard InChI is InChI=1S/C12H15ClN2O3S/c13-11-5-4-9(19(14,17)18)6-10(11)12(16)15-7-8-2-1-3-8/h4-6,8H,1-3,7H2,(H,15,16)(H2,14,17,18). The third kappa shape index (κ3) is 3.46. The molecule has 5 nitrogen and oxygen atoms in total. The van der Waals surface area contributed by atoms with Crippen molar-refractivity contribution in [1.82, 2.24) is 5.32 Å². The van der Waals surface area contributed by atoms with Crippen molar-refractivity contribution in [2.45, 2.75) is 24.2 Å². The lowest BCUT2D eigenvalue weighted by Gasteiger charge is -2.25. The molecule has 0 saturated heterocycles. The summed E-state index contributed by atoms with van der Waals surface area (Å²) in [6.07, 6.45) is 3.43. The molecule has 1 amide bonds. The molecule has 0 radical (unpaired) electrons. The van der Waals surface area contributed by atoms with Gasteiger partial charge in [0.15, 0.2) is 0 Å². The van der Waals surface area contributed by atoms with Gasteiger partial charge in [-0.05, 0) is 37.0 Å². The lowest BCUT2D eigenvalue weighted by atomic mass is 9.85. The van der Waals surface area contributed by atoms with Crippen LogP contribution in [-0.2, 0) is 10.0 Å². The van der Waals surface area contributed by atoms with Crippen molar-refractivity contribution < 1.29 is 13.2 Å². The van der Waals surface area contributed by atoms with E-state index in [0.29, 0.717) is 12.5 Å². The second-order valence-electron chi connectivity index (χ2n) is 4.69. The average molecular weight is 303 g/mol. The third-order valence-corrected chi connectivity index (χ3v) is 4.53. The zero-order valence-corrected chi connectivity index (χ0v) is 11.8. The minimum Gasteiger partial charge on any atom is -0.352 e. The summed E-state index contributed by atoms with van der Waals surface area (Å²) in [5, 5.41) is 7.99. The Bertz CT molecular complexity index is 597. The maximum Gasteiger partial charge on any atom is 0.252 e. The molecule has 0 aliphatic heterocycles. The van der Waals surface area contributed by atoms with Crippen LogP contribution in [0.25, 0.3) is 0 Å². The van der Waals surface area contributed by atoms with Gasteiger partial charge in [0.2, 0.25) is 10.0 Å². The van der Waals surface area contributed by atoms with E-state index in [0.717, 1.165) is 12.8 Å². The van der Waals surface area contributed by atoms with Crippen molar-refractivity contribution in [3.05, 3.63) is 28.8 Å². The molecule has 0 aromatic heterocycles. The number of nitrogens with two attached hydrogens (primary N) is 1. The molecular formula is C12H15ClN2O3S. The predicted molar refractivity (Wildman–Crippen MR) is 72.5 cm³/mol. The SMILES string of the molecule is NS(=O)(=O)c1ccc(Cl)c(C(=O)NCC2CCC2)c1. The lowest BCUT2D eigenvalue weighted by Crippen LogP contribution is -2.32. The molecule has 0 atom stereocenters. The van der Waals surface area contributed by atoms with Crippen LogP contribution in [0.4, 0.5) is 0 Å². The summed E-state index contributed by atoms with van der Waals surface area (Å²) in [5.41, 5.74) is 0.132. The smallest absolute Gasteiger partial charge is 0.252 e. The Morgan fingerprint density at radius 3 is 2.63 bits per heavy atom. The number of hydrogen-bond donors (Lipinski definition) is 2. The zero-order valence-electron chi connectivity index (χ0n) is 10.2. The number of benzene rings is 1. The van der Waals surface area contributed by atoms with Crippen LogP contribution in [-0.4, -0.2) is 20.9 Å². The molecule has 19 heavy (non-hydrogen) atoms. The van der Waals surface area contributed by atoms with Gasteiger partial charge in [-0.15, -0.1) is 0 Å². The fraction of sp³-hybridized carbons (Fsp3) is 0.417. The second kappa shape index (κ2) is 5.48. The molecule has 0 spiro atoms. The Balaban J connectivity index is 2.15. The molecule has 0 unspecified atom stereocenters. The summed E-state index contributed by atoms with van der Waals surface area (Å²) in [6, 6.07) is 3.84. The van der Waals surface area contributed by atoms with Crippen LogP contribution >= 0.6 is 11.6 Å². The van der Waals surface area contributed by atoms with Crippen LogP contribution in [0.3, 0.4) is 0 Å². The summed E-state index contributed by atoms with van der Waals surface area (Å²) in [5.74, 6) is 0.145. The maximum atomic E-state index is 12.0. The van der Waals surface area contributed by atoms with Gasteiger partial charge in [-0.25, -0.2) is 13.6 Å². The van der Waals surface area contributed by atoms with Crippen LogP contribution in [0.1, 0.15) is 29.6 Å². The molecule has 0 bridgehead atoms. The Kier molecular flexibility index (Phi) is 4.13. The van der Waals surface area contributed by atoms with Crippen molar-refractivity contribution >= 4 is 27.5 Å². The van der Waals surface area contributed by atoms with E-state index < -0.39 is 10.0 Å². The highest BCUT2D eigenvalue weighted by molar-refractivity contribution is 7.89. The minimum absolute atomic E-state index is 0.120. The first-order valence-corrected chi connectivity index (χ1v) is 7.91. The molecule has 0 heterocycles. The zero-order chi connectivity index (χ0) is 14.0. The van der Waals surface area contributed by atoms with Crippen LogP contribution in [0.15, 0.2) is 23.1 Å². The van der Waals surface area contributed by atoms with Gasteiger partial charge in [0.05, 0.1) is 15.5 Å². The highest BCUT2D eigenvalue weighted by atomic mass is 35.5. The predicted octanol–water partition coefficient (Wildman–Crippen LogP) is 1.52. The second-order valence-corrected chi connectivity index (χ2v) is 6.66. The van der Waals surface area contributed by atoms with E-state index in [4.69, 9.17) is 16.7 Å². The van der Waals surface area contributed by atoms with E-state index >= 15 is 0 Å². The fourth-order valence-corrected chi connectivity index (χ4v) is 2.63. The number of halogens is 1. The van der Waals surface area contributed by atoms with E-state index in [-0.39, 0.29) is 21.4 Å². The molecule has 3 N–H and O–H groups in total. The van der Waals surface area contributed by atoms with Gasteiger partial charge in [-0.1, -0.05) is 18.0 Å². The van der Waals surface area contributed by atoms with Gasteiger partial charge in [0.1, 0.15) is 0 Å². The number of carbonyl (C=O) groups excluding carboxylic acids is 1. The van der Waals surface area contributed by atoms with E-state index in [2.05, 4.69) is 5.32 Å². The first-order chi connectivity index (χ1) is 8.88. The van der Waals surface area contributed by atoms with E-state index in [1.165, 1.54) is 24.6 Å². The highest BCUT2D eigenvalue weighted by Gasteiger charge is 2.20. The normalized spacial score (nSPS) is 15.9. The number of rotatable bonds is 4. The lowest BCUT2D eigenvalue weighted by molar-refractivity contribution is 0.0939. The van der Waals surface area contributed by atoms with E-state index in [1.807, 2.05) is 0 Å². The fourth-order valence-electron chi connectivity index (χ4n) is 1.88. The molecule has 1 aliphatic rings. The maximum absolute atomic E-state index is 12.0. The number of nitrogens with one attached hydrogen (secondary N) is 1. The molecule has 104 valence electrons. The molecule has 2 rings (SSSR count). The highest BCUT2D eigenvalue weighted by Crippen LogP contribution is 2.25. The van der Waals surface area contributed by atoms with Gasteiger partial charge in [0.25, 0.3) is 5.91 Å². The topological polar surface area (TPSA) is 89.3 Å². The van der Waals surface area contributed by atoms with Crippen LogP contribution in [0.5, 0.6) is 0 Å². The van der Waals surface area contributed by atoms with Gasteiger partial charge in [-0.3, -0.25) is 4.79 Å². The van der Waals surface area contributed by atoms with Crippen molar-refractivity contribution in [2.75, 3.05) is 6.54 Å². The van der Waals surface area contributed by atoms with Crippen molar-refractivity contribution in [1.29, 1.82) is 0 Å². The Morgan fingerprint density at radius 2 is 2.11 bits per heavy atom. The Hall–Kier alpha value is -1.11. The molecule has 1 aliphatic carbocycles. The van der Waals surface area contributed by atoms with E-state index in [9.17, 15) is 13.2 Å². The van der Waals surface area contributed by atoms with Crippen molar-refractivity contribution in [3.8, 4) is 0 Å². The number of amides is 1. The Labute approximate surface area is 117 Å².